The number of benzene rings is 1. The Morgan fingerprint density at radius 3 is 2.44 bits per heavy atom. The van der Waals surface area contributed by atoms with Crippen molar-refractivity contribution in [1.29, 1.82) is 0 Å². The zero-order chi connectivity index (χ0) is 12.1. The van der Waals surface area contributed by atoms with Gasteiger partial charge in [0.25, 0.3) is 0 Å². The maximum atomic E-state index is 11.9. The maximum Gasteiger partial charge on any atom is 0.226 e. The zero-order valence-corrected chi connectivity index (χ0v) is 10.8. The van der Waals surface area contributed by atoms with Crippen LogP contribution in [0.5, 0.6) is 0 Å². The molecule has 0 saturated heterocycles. The van der Waals surface area contributed by atoms with E-state index in [0.29, 0.717) is 17.5 Å². The van der Waals surface area contributed by atoms with Gasteiger partial charge in [-0.15, -0.1) is 0 Å². The standard InChI is InChI=1S/C13H18ClNO/c1-4-10(2)15(3)13(16)9-11-5-7-12(14)8-6-11/h5-8,10H,4,9H2,1-3H3/t10-/m1/s1. The second kappa shape index (κ2) is 5.90. The Morgan fingerprint density at radius 1 is 1.38 bits per heavy atom. The Morgan fingerprint density at radius 2 is 1.94 bits per heavy atom. The van der Waals surface area contributed by atoms with Crippen LogP contribution < -0.4 is 0 Å². The van der Waals surface area contributed by atoms with E-state index in [1.807, 2.05) is 31.3 Å². The van der Waals surface area contributed by atoms with Crippen LogP contribution in [0.2, 0.25) is 5.02 Å². The Bertz CT molecular complexity index is 347. The molecule has 0 aliphatic heterocycles. The molecule has 1 rings (SSSR count). The van der Waals surface area contributed by atoms with Crippen LogP contribution in [0.4, 0.5) is 0 Å². The number of hydrogen-bond acceptors (Lipinski definition) is 1. The first kappa shape index (κ1) is 13.0. The van der Waals surface area contributed by atoms with Crippen LogP contribution in [-0.4, -0.2) is 23.9 Å². The van der Waals surface area contributed by atoms with E-state index < -0.39 is 0 Å². The molecule has 1 atom stereocenters. The normalized spacial score (nSPS) is 12.2. The minimum atomic E-state index is 0.150. The van der Waals surface area contributed by atoms with Crippen molar-refractivity contribution < 1.29 is 4.79 Å². The van der Waals surface area contributed by atoms with Gasteiger partial charge in [-0.3, -0.25) is 4.79 Å². The number of nitrogens with zero attached hydrogens (tertiary/aromatic N) is 1. The maximum absolute atomic E-state index is 11.9. The average molecular weight is 240 g/mol. The van der Waals surface area contributed by atoms with Crippen LogP contribution in [0.3, 0.4) is 0 Å². The van der Waals surface area contributed by atoms with Crippen LogP contribution in [0.1, 0.15) is 25.8 Å². The first-order chi connectivity index (χ1) is 7.54. The van der Waals surface area contributed by atoms with Gasteiger partial charge in [-0.05, 0) is 31.0 Å². The molecule has 0 fully saturated rings. The highest BCUT2D eigenvalue weighted by molar-refractivity contribution is 6.30. The van der Waals surface area contributed by atoms with Crippen molar-refractivity contribution in [2.24, 2.45) is 0 Å². The summed E-state index contributed by atoms with van der Waals surface area (Å²) in [5.41, 5.74) is 1.00. The Kier molecular flexibility index (Phi) is 4.81. The second-order valence-corrected chi connectivity index (χ2v) is 4.50. The third-order valence-electron chi connectivity index (χ3n) is 2.91. The predicted octanol–water partition coefficient (Wildman–Crippen LogP) is 3.14. The summed E-state index contributed by atoms with van der Waals surface area (Å²) in [6, 6.07) is 7.70. The highest BCUT2D eigenvalue weighted by Gasteiger charge is 2.14. The molecule has 3 heteroatoms. The molecule has 1 aromatic rings. The molecule has 0 aliphatic rings. The van der Waals surface area contributed by atoms with Crippen molar-refractivity contribution in [3.8, 4) is 0 Å². The number of halogens is 1. The lowest BCUT2D eigenvalue weighted by Crippen LogP contribution is -2.35. The fourth-order valence-electron chi connectivity index (χ4n) is 1.42. The first-order valence-corrected chi connectivity index (χ1v) is 5.92. The van der Waals surface area contributed by atoms with Crippen LogP contribution in [-0.2, 0) is 11.2 Å². The largest absolute Gasteiger partial charge is 0.343 e. The van der Waals surface area contributed by atoms with Gasteiger partial charge in [0, 0.05) is 18.1 Å². The molecule has 0 heterocycles. The van der Waals surface area contributed by atoms with E-state index in [2.05, 4.69) is 13.8 Å². The second-order valence-electron chi connectivity index (χ2n) is 4.07. The van der Waals surface area contributed by atoms with E-state index in [0.717, 1.165) is 12.0 Å². The molecular formula is C13H18ClNO. The van der Waals surface area contributed by atoms with Gasteiger partial charge in [0.15, 0.2) is 0 Å². The molecule has 1 aromatic carbocycles. The van der Waals surface area contributed by atoms with Crippen molar-refractivity contribution in [3.63, 3.8) is 0 Å². The topological polar surface area (TPSA) is 20.3 Å². The molecule has 1 amide bonds. The predicted molar refractivity (Wildman–Crippen MR) is 67.7 cm³/mol. The van der Waals surface area contributed by atoms with Gasteiger partial charge >= 0.3 is 0 Å². The third-order valence-corrected chi connectivity index (χ3v) is 3.17. The molecular weight excluding hydrogens is 222 g/mol. The SMILES string of the molecule is CC[C@@H](C)N(C)C(=O)Cc1ccc(Cl)cc1. The molecule has 0 N–H and O–H groups in total. The number of carbonyl (C=O) groups is 1. The number of amides is 1. The Hall–Kier alpha value is -1.02. The Labute approximate surface area is 102 Å². The summed E-state index contributed by atoms with van der Waals surface area (Å²) in [6.07, 6.45) is 1.42. The van der Waals surface area contributed by atoms with E-state index >= 15 is 0 Å². The lowest BCUT2D eigenvalue weighted by Gasteiger charge is -2.23. The number of carbonyl (C=O) groups excluding carboxylic acids is 1. The molecule has 0 aliphatic carbocycles. The van der Waals surface area contributed by atoms with Crippen LogP contribution in [0.25, 0.3) is 0 Å². The third kappa shape index (κ3) is 3.53. The monoisotopic (exact) mass is 239 g/mol. The molecule has 0 bridgehead atoms. The van der Waals surface area contributed by atoms with E-state index in [4.69, 9.17) is 11.6 Å². The van der Waals surface area contributed by atoms with Gasteiger partial charge in [-0.25, -0.2) is 0 Å². The van der Waals surface area contributed by atoms with E-state index in [1.165, 1.54) is 0 Å². The summed E-state index contributed by atoms with van der Waals surface area (Å²) in [6.45, 7) is 4.14. The zero-order valence-electron chi connectivity index (χ0n) is 10.0. The lowest BCUT2D eigenvalue weighted by molar-refractivity contribution is -0.130. The minimum absolute atomic E-state index is 0.150. The molecule has 0 aromatic heterocycles. The smallest absolute Gasteiger partial charge is 0.226 e. The van der Waals surface area contributed by atoms with Gasteiger partial charge in [0.05, 0.1) is 6.42 Å². The minimum Gasteiger partial charge on any atom is -0.343 e. The number of likely N-dealkylation sites (N-methyl/N-ethyl adjacent to an activating group) is 1. The van der Waals surface area contributed by atoms with Crippen molar-refractivity contribution in [2.75, 3.05) is 7.05 Å². The molecule has 0 saturated carbocycles. The van der Waals surface area contributed by atoms with Crippen LogP contribution in [0, 0.1) is 0 Å². The van der Waals surface area contributed by atoms with Crippen molar-refractivity contribution in [3.05, 3.63) is 34.9 Å². The summed E-state index contributed by atoms with van der Waals surface area (Å²) in [5, 5.41) is 0.700. The molecule has 0 radical (unpaired) electrons. The molecule has 2 nitrogen and oxygen atoms in total. The highest BCUT2D eigenvalue weighted by Crippen LogP contribution is 2.11. The van der Waals surface area contributed by atoms with Crippen LogP contribution in [0.15, 0.2) is 24.3 Å². The van der Waals surface area contributed by atoms with Gasteiger partial charge in [-0.1, -0.05) is 30.7 Å². The van der Waals surface area contributed by atoms with Gasteiger partial charge in [0.2, 0.25) is 5.91 Å². The van der Waals surface area contributed by atoms with Crippen LogP contribution >= 0.6 is 11.6 Å². The summed E-state index contributed by atoms with van der Waals surface area (Å²) in [4.78, 5) is 13.7. The number of hydrogen-bond donors (Lipinski definition) is 0. The Balaban J connectivity index is 2.60. The summed E-state index contributed by atoms with van der Waals surface area (Å²) in [5.74, 6) is 0.150. The first-order valence-electron chi connectivity index (χ1n) is 5.54. The lowest BCUT2D eigenvalue weighted by atomic mass is 10.1. The number of rotatable bonds is 4. The fraction of sp³-hybridized carbons (Fsp3) is 0.462. The highest BCUT2D eigenvalue weighted by atomic mass is 35.5. The summed E-state index contributed by atoms with van der Waals surface area (Å²) in [7, 11) is 1.85. The summed E-state index contributed by atoms with van der Waals surface area (Å²) < 4.78 is 0. The van der Waals surface area contributed by atoms with E-state index in [-0.39, 0.29) is 5.91 Å². The van der Waals surface area contributed by atoms with Crippen molar-refractivity contribution in [2.45, 2.75) is 32.7 Å². The van der Waals surface area contributed by atoms with Crippen molar-refractivity contribution >= 4 is 17.5 Å². The summed E-state index contributed by atoms with van der Waals surface area (Å²) >= 11 is 5.79. The fourth-order valence-corrected chi connectivity index (χ4v) is 1.55. The van der Waals surface area contributed by atoms with Gasteiger partial charge in [-0.2, -0.15) is 0 Å². The van der Waals surface area contributed by atoms with E-state index in [9.17, 15) is 4.79 Å². The quantitative estimate of drug-likeness (QED) is 0.791. The van der Waals surface area contributed by atoms with Gasteiger partial charge in [0.1, 0.15) is 0 Å². The van der Waals surface area contributed by atoms with Crippen molar-refractivity contribution in [1.82, 2.24) is 4.90 Å². The van der Waals surface area contributed by atoms with Gasteiger partial charge < -0.3 is 4.90 Å². The molecule has 88 valence electrons. The molecule has 0 unspecified atom stereocenters. The van der Waals surface area contributed by atoms with E-state index in [1.54, 1.807) is 4.90 Å². The molecule has 0 spiro atoms. The average Bonchev–Trinajstić information content (AvgIpc) is 2.30. The molecule has 16 heavy (non-hydrogen) atoms.